The number of alkyl halides is 1. The van der Waals surface area contributed by atoms with E-state index < -0.39 is 64.5 Å². The second kappa shape index (κ2) is 16.0. The van der Waals surface area contributed by atoms with Crippen LogP contribution in [0.1, 0.15) is 100.0 Å². The molecule has 20 heteroatoms. The van der Waals surface area contributed by atoms with Crippen LogP contribution in [-0.4, -0.2) is 127 Å². The van der Waals surface area contributed by atoms with Crippen molar-refractivity contribution < 1.29 is 46.8 Å². The van der Waals surface area contributed by atoms with Crippen LogP contribution in [0.15, 0.2) is 18.3 Å². The topological polar surface area (TPSA) is 177 Å². The number of imide groups is 1. The van der Waals surface area contributed by atoms with Crippen LogP contribution in [0.25, 0.3) is 27.5 Å². The summed E-state index contributed by atoms with van der Waals surface area (Å²) in [6.07, 6.45) is 0.913. The molecule has 4 aromatic rings. The number of ether oxygens (including phenoxy) is 5. The predicted octanol–water partition coefficient (Wildman–Crippen LogP) is 8.59. The summed E-state index contributed by atoms with van der Waals surface area (Å²) in [5.41, 5.74) is -4.12. The third kappa shape index (κ3) is 7.92. The lowest BCUT2D eigenvalue weighted by atomic mass is 9.95. The monoisotopic (exact) mass is 933 g/mol. The Labute approximate surface area is 385 Å². The van der Waals surface area contributed by atoms with E-state index in [1.54, 1.807) is 52.5 Å². The molecule has 0 saturated carbocycles. The fourth-order valence-corrected chi connectivity index (χ4v) is 10.5. The summed E-state index contributed by atoms with van der Waals surface area (Å²) in [6.45, 7) is 16.5. The second-order valence-electron chi connectivity index (χ2n) is 20.8. The van der Waals surface area contributed by atoms with Gasteiger partial charge in [-0.15, -0.1) is 5.10 Å². The van der Waals surface area contributed by atoms with Gasteiger partial charge >= 0.3 is 24.3 Å². The quantitative estimate of drug-likeness (QED) is 0.174. The number of hydrogen-bond acceptors (Lipinski definition) is 14. The van der Waals surface area contributed by atoms with Crippen molar-refractivity contribution >= 4 is 57.9 Å². The molecule has 3 aromatic heterocycles. The number of pyridine rings is 1. The largest absolute Gasteiger partial charge is 0.489 e. The highest BCUT2D eigenvalue weighted by molar-refractivity contribution is 6.37. The number of nitrogens with zero attached hydrogens (tertiary/aromatic N) is 9. The summed E-state index contributed by atoms with van der Waals surface area (Å²) in [6, 6.07) is 3.87. The Balaban J connectivity index is 1.21. The minimum atomic E-state index is -1.16. The smallest absolute Gasteiger partial charge is 0.425 e. The second-order valence-corrected chi connectivity index (χ2v) is 21.2. The van der Waals surface area contributed by atoms with Gasteiger partial charge in [-0.1, -0.05) is 17.7 Å². The highest BCUT2D eigenvalue weighted by atomic mass is 35.5. The Morgan fingerprint density at radius 2 is 1.70 bits per heavy atom. The summed E-state index contributed by atoms with van der Waals surface area (Å²) in [5, 5.41) is 15.3. The van der Waals surface area contributed by atoms with Gasteiger partial charge in [-0.25, -0.2) is 27.7 Å². The summed E-state index contributed by atoms with van der Waals surface area (Å²) >= 11 is 7.34. The Kier molecular flexibility index (Phi) is 11.0. The molecule has 0 aliphatic carbocycles. The molecule has 0 N–H and O–H groups in total. The zero-order chi connectivity index (χ0) is 47.4. The molecule has 5 aliphatic rings. The molecule has 8 heterocycles. The van der Waals surface area contributed by atoms with Crippen molar-refractivity contribution in [2.24, 2.45) is 0 Å². The Morgan fingerprint density at radius 1 is 1.00 bits per heavy atom. The highest BCUT2D eigenvalue weighted by Crippen LogP contribution is 2.52. The molecule has 4 fully saturated rings. The van der Waals surface area contributed by atoms with E-state index in [1.165, 1.54) is 16.8 Å². The average molecular weight is 934 g/mol. The van der Waals surface area contributed by atoms with Gasteiger partial charge in [0.15, 0.2) is 17.4 Å². The van der Waals surface area contributed by atoms with Gasteiger partial charge in [0.1, 0.15) is 59.2 Å². The maximum atomic E-state index is 18.0. The maximum Gasteiger partial charge on any atom is 0.425 e. The van der Waals surface area contributed by atoms with Crippen LogP contribution in [0.3, 0.4) is 0 Å². The van der Waals surface area contributed by atoms with Crippen LogP contribution in [0.5, 0.6) is 11.8 Å². The molecule has 5 aliphatic heterocycles. The van der Waals surface area contributed by atoms with Gasteiger partial charge in [0.05, 0.1) is 39.6 Å². The first-order valence-electron chi connectivity index (χ1n) is 22.3. The van der Waals surface area contributed by atoms with E-state index in [2.05, 4.69) is 16.1 Å². The highest BCUT2D eigenvalue weighted by Gasteiger charge is 2.53. The number of carbonyl (C=O) groups excluding carboxylic acids is 3. The van der Waals surface area contributed by atoms with Gasteiger partial charge in [-0.3, -0.25) is 9.80 Å². The number of carbonyl (C=O) groups is 3. The molecule has 66 heavy (non-hydrogen) atoms. The number of halogens is 3. The van der Waals surface area contributed by atoms with Gasteiger partial charge in [-0.05, 0) is 101 Å². The van der Waals surface area contributed by atoms with Crippen LogP contribution in [-0.2, 0) is 14.2 Å². The standard InChI is InChI=1S/C46H54ClF2N9O8/c1-43(2,3)64-40(59)57-25-13-14-28(57)29-22-62-36-31-34(51-39(52-38(31)55(29)21-25)63-23-46-15-11-16-54(46)20-24(48)18-46)33(49)30(32(36)47)26-12-10-17-56-35(26)27(19-50)37(53-56)58(41(60)65-44(4,5)6)42(61)66-45(7,8)9/h10,12,17,24-25,28-29H,11,13-16,18,20-23H2,1-9H3/t24-,25-,28+,29-,46+/m1/s1. The molecule has 2 bridgehead atoms. The molecule has 0 spiro atoms. The van der Waals surface area contributed by atoms with Gasteiger partial charge in [0, 0.05) is 36.8 Å². The summed E-state index contributed by atoms with van der Waals surface area (Å²) in [5.74, 6) is -0.987. The maximum absolute atomic E-state index is 18.0. The van der Waals surface area contributed by atoms with Crippen molar-refractivity contribution in [3.8, 4) is 29.0 Å². The summed E-state index contributed by atoms with van der Waals surface area (Å²) < 4.78 is 64.2. The normalized spacial score (nSPS) is 23.8. The van der Waals surface area contributed by atoms with Crippen molar-refractivity contribution in [1.29, 1.82) is 5.26 Å². The number of hydrogen-bond donors (Lipinski definition) is 0. The van der Waals surface area contributed by atoms with Crippen molar-refractivity contribution in [3.05, 3.63) is 34.7 Å². The van der Waals surface area contributed by atoms with Crippen LogP contribution < -0.4 is 19.3 Å². The van der Waals surface area contributed by atoms with Gasteiger partial charge in [0.2, 0.25) is 0 Å². The fraction of sp³-hybridized carbons (Fsp3) is 0.587. The molecular weight excluding hydrogens is 880 g/mol. The molecule has 4 saturated heterocycles. The number of anilines is 2. The lowest BCUT2D eigenvalue weighted by Crippen LogP contribution is -2.63. The molecule has 5 atom stereocenters. The predicted molar refractivity (Wildman–Crippen MR) is 238 cm³/mol. The van der Waals surface area contributed by atoms with E-state index in [-0.39, 0.29) is 81.6 Å². The number of rotatable bonds is 5. The number of benzene rings is 1. The zero-order valence-corrected chi connectivity index (χ0v) is 39.3. The molecule has 1 aromatic carbocycles. The first-order valence-corrected chi connectivity index (χ1v) is 22.7. The number of fused-ring (bicyclic) bond motifs is 7. The molecule has 352 valence electrons. The number of piperazine rings is 1. The molecule has 0 radical (unpaired) electrons. The van der Waals surface area contributed by atoms with Crippen molar-refractivity contribution in [2.45, 2.75) is 141 Å². The minimum Gasteiger partial charge on any atom is -0.489 e. The molecule has 9 rings (SSSR count). The molecular formula is C46H54ClF2N9O8. The average Bonchev–Trinajstić information content (AvgIpc) is 3.91. The van der Waals surface area contributed by atoms with Crippen LogP contribution >= 0.6 is 11.6 Å². The summed E-state index contributed by atoms with van der Waals surface area (Å²) in [4.78, 5) is 57.4. The fourth-order valence-electron chi connectivity index (χ4n) is 10.2. The lowest BCUT2D eigenvalue weighted by molar-refractivity contribution is 0.00538. The van der Waals surface area contributed by atoms with E-state index in [0.29, 0.717) is 36.6 Å². The SMILES string of the molecule is CC(C)(C)OC(=O)N(C(=O)OC(C)(C)C)c1nn2cccc(-c3c(Cl)c4c5c(nc(OC[C@@]67CCCN6C[C@H](F)C7)nc5c3F)N3C[C@H]5CC[C@@H]([C@H]3CO4)N5C(=O)OC(C)(C)C)c2c1C#N. The van der Waals surface area contributed by atoms with Crippen LogP contribution in [0.2, 0.25) is 5.02 Å². The van der Waals surface area contributed by atoms with E-state index in [1.807, 2.05) is 25.7 Å². The first kappa shape index (κ1) is 45.4. The van der Waals surface area contributed by atoms with E-state index >= 15 is 4.39 Å². The van der Waals surface area contributed by atoms with Crippen molar-refractivity contribution in [3.63, 3.8) is 0 Å². The first-order chi connectivity index (χ1) is 31.0. The third-order valence-corrected chi connectivity index (χ3v) is 13.0. The lowest BCUT2D eigenvalue weighted by Gasteiger charge is -2.46. The Morgan fingerprint density at radius 3 is 2.36 bits per heavy atom. The number of aromatic nitrogens is 4. The van der Waals surface area contributed by atoms with Gasteiger partial charge in [-0.2, -0.15) is 20.1 Å². The molecule has 17 nitrogen and oxygen atoms in total. The van der Waals surface area contributed by atoms with Crippen LogP contribution in [0, 0.1) is 17.1 Å². The van der Waals surface area contributed by atoms with Gasteiger partial charge in [0.25, 0.3) is 0 Å². The third-order valence-electron chi connectivity index (χ3n) is 12.6. The van der Waals surface area contributed by atoms with E-state index in [0.717, 1.165) is 19.4 Å². The number of nitriles is 1. The Hall–Kier alpha value is -5.74. The Bertz CT molecular complexity index is 2680. The van der Waals surface area contributed by atoms with Crippen molar-refractivity contribution in [2.75, 3.05) is 42.6 Å². The van der Waals surface area contributed by atoms with E-state index in [4.69, 9.17) is 45.3 Å². The van der Waals surface area contributed by atoms with E-state index in [9.17, 15) is 24.0 Å². The summed E-state index contributed by atoms with van der Waals surface area (Å²) in [7, 11) is 0. The van der Waals surface area contributed by atoms with Crippen molar-refractivity contribution in [1.82, 2.24) is 29.4 Å². The van der Waals surface area contributed by atoms with Crippen LogP contribution in [0.4, 0.5) is 34.8 Å². The molecule has 3 amide bonds. The zero-order valence-electron chi connectivity index (χ0n) is 38.5. The minimum absolute atomic E-state index is 0.00427. The number of amides is 3. The molecule has 0 unspecified atom stereocenters. The van der Waals surface area contributed by atoms with Gasteiger partial charge < -0.3 is 28.6 Å².